The van der Waals surface area contributed by atoms with Crippen LogP contribution in [-0.4, -0.2) is 34.2 Å². The molecule has 0 aliphatic heterocycles. The lowest BCUT2D eigenvalue weighted by atomic mass is 10.2. The number of hydrogen-bond acceptors (Lipinski definition) is 4. The fourth-order valence-electron chi connectivity index (χ4n) is 1.73. The molecule has 1 aromatic heterocycles. The van der Waals surface area contributed by atoms with Gasteiger partial charge < -0.3 is 5.11 Å². The quantitative estimate of drug-likeness (QED) is 0.801. The predicted molar refractivity (Wildman–Crippen MR) is 69.0 cm³/mol. The van der Waals surface area contributed by atoms with Crippen molar-refractivity contribution in [2.24, 2.45) is 0 Å². The summed E-state index contributed by atoms with van der Waals surface area (Å²) in [5, 5.41) is 12.1. The third kappa shape index (κ3) is 3.42. The van der Waals surface area contributed by atoms with E-state index in [1.165, 1.54) is 0 Å². The van der Waals surface area contributed by atoms with E-state index in [1.807, 2.05) is 5.38 Å². The fourth-order valence-corrected chi connectivity index (χ4v) is 2.86. The van der Waals surface area contributed by atoms with Crippen LogP contribution < -0.4 is 0 Å². The Bertz CT molecular complexity index is 317. The molecule has 0 spiro atoms. The number of halogens is 1. The van der Waals surface area contributed by atoms with E-state index in [0.29, 0.717) is 18.5 Å². The van der Waals surface area contributed by atoms with Crippen molar-refractivity contribution in [2.75, 3.05) is 13.2 Å². The first kappa shape index (κ1) is 13.9. The minimum Gasteiger partial charge on any atom is -0.395 e. The molecule has 1 aromatic rings. The molecular formula is C11H19ClN2OS. The number of hydrogen-bond donors (Lipinski definition) is 1. The summed E-state index contributed by atoms with van der Waals surface area (Å²) in [5.41, 5.74) is 0.932. The molecule has 1 N–H and O–H groups in total. The average Bonchev–Trinajstić information content (AvgIpc) is 2.73. The standard InChI is InChI=1S/C11H19ClN2OS/c1-8(2)14(4-5-15)9(3)11-13-10(6-12)7-16-11/h7-9,15H,4-6H2,1-3H3. The van der Waals surface area contributed by atoms with Crippen molar-refractivity contribution in [1.82, 2.24) is 9.88 Å². The summed E-state index contributed by atoms with van der Waals surface area (Å²) in [7, 11) is 0. The molecule has 1 heterocycles. The molecule has 0 aliphatic carbocycles. The molecule has 16 heavy (non-hydrogen) atoms. The van der Waals surface area contributed by atoms with Gasteiger partial charge in [-0.2, -0.15) is 0 Å². The van der Waals surface area contributed by atoms with Crippen LogP contribution in [0.2, 0.25) is 0 Å². The third-order valence-corrected chi connectivity index (χ3v) is 3.92. The van der Waals surface area contributed by atoms with Gasteiger partial charge >= 0.3 is 0 Å². The normalized spacial score (nSPS) is 13.7. The van der Waals surface area contributed by atoms with Gasteiger partial charge in [0.05, 0.1) is 24.2 Å². The summed E-state index contributed by atoms with van der Waals surface area (Å²) in [5.74, 6) is 0.463. The van der Waals surface area contributed by atoms with Crippen LogP contribution >= 0.6 is 22.9 Å². The molecule has 0 aliphatic rings. The molecule has 1 unspecified atom stereocenters. The number of alkyl halides is 1. The van der Waals surface area contributed by atoms with E-state index in [0.717, 1.165) is 10.7 Å². The van der Waals surface area contributed by atoms with Gasteiger partial charge in [-0.3, -0.25) is 4.90 Å². The highest BCUT2D eigenvalue weighted by Gasteiger charge is 2.20. The van der Waals surface area contributed by atoms with Crippen molar-refractivity contribution in [3.8, 4) is 0 Å². The molecule has 5 heteroatoms. The first-order chi connectivity index (χ1) is 7.60. The van der Waals surface area contributed by atoms with Gasteiger partial charge in [0, 0.05) is 18.0 Å². The molecule has 0 aromatic carbocycles. The molecule has 0 saturated carbocycles. The average molecular weight is 263 g/mol. The van der Waals surface area contributed by atoms with Gasteiger partial charge in [-0.15, -0.1) is 22.9 Å². The Kier molecular flexibility index (Phi) is 5.69. The Balaban J connectivity index is 2.76. The third-order valence-electron chi connectivity index (χ3n) is 2.58. The van der Waals surface area contributed by atoms with Gasteiger partial charge in [-0.1, -0.05) is 0 Å². The van der Waals surface area contributed by atoms with Crippen LogP contribution in [0.4, 0.5) is 0 Å². The van der Waals surface area contributed by atoms with E-state index in [-0.39, 0.29) is 12.6 Å². The van der Waals surface area contributed by atoms with Gasteiger partial charge in [-0.05, 0) is 20.8 Å². The number of rotatable bonds is 6. The van der Waals surface area contributed by atoms with Crippen molar-refractivity contribution < 1.29 is 5.11 Å². The lowest BCUT2D eigenvalue weighted by molar-refractivity contribution is 0.126. The van der Waals surface area contributed by atoms with E-state index in [2.05, 4.69) is 30.7 Å². The number of thiazole rings is 1. The van der Waals surface area contributed by atoms with Crippen molar-refractivity contribution in [2.45, 2.75) is 38.7 Å². The number of aromatic nitrogens is 1. The SMILES string of the molecule is CC(C)N(CCO)C(C)c1nc(CCl)cs1. The van der Waals surface area contributed by atoms with Gasteiger partial charge in [0.15, 0.2) is 0 Å². The Labute approximate surface area is 106 Å². The second-order valence-corrected chi connectivity index (χ2v) is 5.20. The van der Waals surface area contributed by atoms with Gasteiger partial charge in [-0.25, -0.2) is 4.98 Å². The maximum absolute atomic E-state index is 9.05. The molecule has 0 fully saturated rings. The van der Waals surface area contributed by atoms with Gasteiger partial charge in [0.1, 0.15) is 5.01 Å². The van der Waals surface area contributed by atoms with Crippen LogP contribution in [0.3, 0.4) is 0 Å². The van der Waals surface area contributed by atoms with Crippen LogP contribution in [0.25, 0.3) is 0 Å². The zero-order valence-electron chi connectivity index (χ0n) is 9.98. The van der Waals surface area contributed by atoms with Crippen LogP contribution in [-0.2, 0) is 5.88 Å². The van der Waals surface area contributed by atoms with Crippen LogP contribution in [0.5, 0.6) is 0 Å². The Morgan fingerprint density at radius 3 is 2.62 bits per heavy atom. The molecule has 0 bridgehead atoms. The predicted octanol–water partition coefficient (Wildman–Crippen LogP) is 2.65. The Morgan fingerprint density at radius 1 is 1.50 bits per heavy atom. The molecule has 0 radical (unpaired) electrons. The van der Waals surface area contributed by atoms with E-state index in [1.54, 1.807) is 11.3 Å². The highest BCUT2D eigenvalue weighted by Crippen LogP contribution is 2.25. The van der Waals surface area contributed by atoms with Crippen LogP contribution in [0, 0.1) is 0 Å². The summed E-state index contributed by atoms with van der Waals surface area (Å²) in [6.45, 7) is 7.22. The molecule has 92 valence electrons. The van der Waals surface area contributed by atoms with Crippen molar-refractivity contribution in [1.29, 1.82) is 0 Å². The maximum Gasteiger partial charge on any atom is 0.110 e. The molecule has 3 nitrogen and oxygen atoms in total. The lowest BCUT2D eigenvalue weighted by Crippen LogP contribution is -2.35. The zero-order valence-corrected chi connectivity index (χ0v) is 11.6. The molecule has 1 rings (SSSR count). The first-order valence-electron chi connectivity index (χ1n) is 5.47. The number of nitrogens with zero attached hydrogens (tertiary/aromatic N) is 2. The van der Waals surface area contributed by atoms with Crippen LogP contribution in [0.15, 0.2) is 5.38 Å². The van der Waals surface area contributed by atoms with Gasteiger partial charge in [0.25, 0.3) is 0 Å². The van der Waals surface area contributed by atoms with E-state index in [9.17, 15) is 0 Å². The van der Waals surface area contributed by atoms with E-state index >= 15 is 0 Å². The largest absolute Gasteiger partial charge is 0.395 e. The van der Waals surface area contributed by atoms with Gasteiger partial charge in [0.2, 0.25) is 0 Å². The van der Waals surface area contributed by atoms with Crippen molar-refractivity contribution >= 4 is 22.9 Å². The molecule has 1 atom stereocenters. The van der Waals surface area contributed by atoms with Crippen molar-refractivity contribution in [3.63, 3.8) is 0 Å². The van der Waals surface area contributed by atoms with Crippen molar-refractivity contribution in [3.05, 3.63) is 16.1 Å². The number of aliphatic hydroxyl groups is 1. The Morgan fingerprint density at radius 2 is 2.19 bits per heavy atom. The summed E-state index contributed by atoms with van der Waals surface area (Å²) in [4.78, 5) is 6.71. The summed E-state index contributed by atoms with van der Waals surface area (Å²) in [6.07, 6.45) is 0. The monoisotopic (exact) mass is 262 g/mol. The second-order valence-electron chi connectivity index (χ2n) is 4.04. The first-order valence-corrected chi connectivity index (χ1v) is 6.88. The second kappa shape index (κ2) is 6.55. The zero-order chi connectivity index (χ0) is 12.1. The highest BCUT2D eigenvalue weighted by atomic mass is 35.5. The van der Waals surface area contributed by atoms with Crippen LogP contribution in [0.1, 0.15) is 37.5 Å². The Hall–Kier alpha value is -0.160. The number of aliphatic hydroxyl groups excluding tert-OH is 1. The summed E-state index contributed by atoms with van der Waals surface area (Å²) >= 11 is 7.37. The summed E-state index contributed by atoms with van der Waals surface area (Å²) < 4.78 is 0. The fraction of sp³-hybridized carbons (Fsp3) is 0.727. The molecule has 0 amide bonds. The summed E-state index contributed by atoms with van der Waals surface area (Å²) in [6, 6.07) is 0.625. The molecular weight excluding hydrogens is 244 g/mol. The topological polar surface area (TPSA) is 36.4 Å². The van der Waals surface area contributed by atoms with E-state index in [4.69, 9.17) is 16.7 Å². The minimum atomic E-state index is 0.177. The lowest BCUT2D eigenvalue weighted by Gasteiger charge is -2.30. The highest BCUT2D eigenvalue weighted by molar-refractivity contribution is 7.09. The smallest absolute Gasteiger partial charge is 0.110 e. The maximum atomic E-state index is 9.05. The minimum absolute atomic E-state index is 0.177. The van der Waals surface area contributed by atoms with E-state index < -0.39 is 0 Å². The molecule has 0 saturated heterocycles.